The van der Waals surface area contributed by atoms with Crippen LogP contribution in [0, 0.1) is 0 Å². The lowest BCUT2D eigenvalue weighted by Crippen LogP contribution is -2.12. The molecule has 0 fully saturated rings. The molecule has 1 N–H and O–H groups in total. The van der Waals surface area contributed by atoms with E-state index in [4.69, 9.17) is 0 Å². The monoisotopic (exact) mass is 317 g/mol. The number of nitrogens with zero attached hydrogens (tertiary/aromatic N) is 1. The summed E-state index contributed by atoms with van der Waals surface area (Å²) in [4.78, 5) is 11.6. The van der Waals surface area contributed by atoms with Gasteiger partial charge in [-0.2, -0.15) is 11.8 Å². The number of hydrogen-bond acceptors (Lipinski definition) is 2. The molecule has 1 heterocycles. The third-order valence-electron chi connectivity index (χ3n) is 3.75. The molecule has 0 aliphatic rings. The van der Waals surface area contributed by atoms with E-state index in [1.807, 2.05) is 24.3 Å². The van der Waals surface area contributed by atoms with Gasteiger partial charge in [-0.15, -0.1) is 0 Å². The molecule has 0 aliphatic carbocycles. The summed E-state index contributed by atoms with van der Waals surface area (Å²) in [6.07, 6.45) is 2.97. The van der Waals surface area contributed by atoms with Crippen LogP contribution in [0.1, 0.15) is 47.1 Å². The Kier molecular flexibility index (Phi) is 5.72. The van der Waals surface area contributed by atoms with Crippen molar-refractivity contribution in [3.63, 3.8) is 0 Å². The van der Waals surface area contributed by atoms with E-state index in [1.54, 1.807) is 11.8 Å². The maximum atomic E-state index is 11.6. The van der Waals surface area contributed by atoms with Crippen molar-refractivity contribution < 1.29 is 9.90 Å². The van der Waals surface area contributed by atoms with Crippen molar-refractivity contribution in [2.24, 2.45) is 0 Å². The Morgan fingerprint density at radius 3 is 2.50 bits per heavy atom. The van der Waals surface area contributed by atoms with Gasteiger partial charge in [0.05, 0.1) is 5.56 Å². The highest BCUT2D eigenvalue weighted by molar-refractivity contribution is 7.98. The van der Waals surface area contributed by atoms with Gasteiger partial charge in [0.2, 0.25) is 0 Å². The number of aromatic carboxylic acids is 1. The Labute approximate surface area is 136 Å². The van der Waals surface area contributed by atoms with Crippen LogP contribution in [-0.4, -0.2) is 27.7 Å². The summed E-state index contributed by atoms with van der Waals surface area (Å²) in [7, 11) is 0. The molecule has 0 bridgehead atoms. The van der Waals surface area contributed by atoms with E-state index in [0.717, 1.165) is 30.1 Å². The minimum atomic E-state index is -0.832. The number of carbonyl (C=O) groups is 1. The molecule has 0 unspecified atom stereocenters. The van der Waals surface area contributed by atoms with Gasteiger partial charge in [0.25, 0.3) is 0 Å². The zero-order valence-corrected chi connectivity index (χ0v) is 14.2. The highest BCUT2D eigenvalue weighted by atomic mass is 32.2. The molecule has 4 heteroatoms. The summed E-state index contributed by atoms with van der Waals surface area (Å²) in [5.41, 5.74) is 3.68. The third-order valence-corrected chi connectivity index (χ3v) is 4.36. The Morgan fingerprint density at radius 2 is 1.95 bits per heavy atom. The van der Waals surface area contributed by atoms with Gasteiger partial charge in [0.15, 0.2) is 0 Å². The van der Waals surface area contributed by atoms with Crippen LogP contribution in [0.2, 0.25) is 0 Å². The van der Waals surface area contributed by atoms with E-state index in [9.17, 15) is 9.90 Å². The molecule has 0 spiro atoms. The van der Waals surface area contributed by atoms with Crippen molar-refractivity contribution >= 4 is 17.7 Å². The van der Waals surface area contributed by atoms with Crippen molar-refractivity contribution in [2.75, 3.05) is 12.0 Å². The van der Waals surface area contributed by atoms with Crippen LogP contribution < -0.4 is 0 Å². The largest absolute Gasteiger partial charge is 0.478 e. The normalized spacial score (nSPS) is 11.1. The summed E-state index contributed by atoms with van der Waals surface area (Å²) >= 11 is 1.78. The zero-order valence-electron chi connectivity index (χ0n) is 13.4. The van der Waals surface area contributed by atoms with Crippen LogP contribution in [0.4, 0.5) is 0 Å². The second kappa shape index (κ2) is 7.54. The van der Waals surface area contributed by atoms with Crippen molar-refractivity contribution in [2.45, 2.75) is 32.7 Å². The fourth-order valence-corrected chi connectivity index (χ4v) is 3.19. The van der Waals surface area contributed by atoms with Crippen LogP contribution in [0.15, 0.2) is 36.4 Å². The summed E-state index contributed by atoms with van der Waals surface area (Å²) in [6, 6.07) is 12.1. The molecule has 0 atom stereocenters. The number of rotatable bonds is 7. The SMILES string of the molecule is CSCCc1cc(C(=O)O)c(C(C)C)n1Cc1ccccc1. The van der Waals surface area contributed by atoms with Crippen LogP contribution in [-0.2, 0) is 13.0 Å². The highest BCUT2D eigenvalue weighted by Crippen LogP contribution is 2.26. The number of carboxylic acids is 1. The van der Waals surface area contributed by atoms with Crippen molar-refractivity contribution in [3.05, 3.63) is 58.9 Å². The smallest absolute Gasteiger partial charge is 0.337 e. The zero-order chi connectivity index (χ0) is 16.1. The van der Waals surface area contributed by atoms with Gasteiger partial charge < -0.3 is 9.67 Å². The minimum Gasteiger partial charge on any atom is -0.478 e. The molecule has 118 valence electrons. The second-order valence-corrected chi connectivity index (χ2v) is 6.69. The van der Waals surface area contributed by atoms with Crippen molar-refractivity contribution in [3.8, 4) is 0 Å². The molecule has 1 aromatic heterocycles. The van der Waals surface area contributed by atoms with Gasteiger partial charge in [-0.1, -0.05) is 44.2 Å². The van der Waals surface area contributed by atoms with Crippen LogP contribution in [0.3, 0.4) is 0 Å². The van der Waals surface area contributed by atoms with Crippen LogP contribution >= 0.6 is 11.8 Å². The van der Waals surface area contributed by atoms with Crippen LogP contribution in [0.5, 0.6) is 0 Å². The fourth-order valence-electron chi connectivity index (χ4n) is 2.78. The predicted molar refractivity (Wildman–Crippen MR) is 93.1 cm³/mol. The lowest BCUT2D eigenvalue weighted by atomic mass is 10.1. The molecular formula is C18H23NO2S. The van der Waals surface area contributed by atoms with E-state index in [0.29, 0.717) is 5.56 Å². The Hall–Kier alpha value is -1.68. The number of aryl methyl sites for hydroxylation is 1. The lowest BCUT2D eigenvalue weighted by Gasteiger charge is -2.16. The first-order chi connectivity index (χ1) is 10.5. The van der Waals surface area contributed by atoms with Gasteiger partial charge in [0.1, 0.15) is 0 Å². The Morgan fingerprint density at radius 1 is 1.27 bits per heavy atom. The Bertz CT molecular complexity index is 632. The summed E-state index contributed by atoms with van der Waals surface area (Å²) < 4.78 is 2.19. The minimum absolute atomic E-state index is 0.179. The molecule has 22 heavy (non-hydrogen) atoms. The summed E-state index contributed by atoms with van der Waals surface area (Å²) in [5, 5.41) is 9.53. The molecule has 3 nitrogen and oxygen atoms in total. The lowest BCUT2D eigenvalue weighted by molar-refractivity contribution is 0.0695. The number of thioether (sulfide) groups is 1. The van der Waals surface area contributed by atoms with E-state index < -0.39 is 5.97 Å². The summed E-state index contributed by atoms with van der Waals surface area (Å²) in [6.45, 7) is 4.84. The second-order valence-electron chi connectivity index (χ2n) is 5.71. The van der Waals surface area contributed by atoms with E-state index in [2.05, 4.69) is 36.8 Å². The van der Waals surface area contributed by atoms with Crippen molar-refractivity contribution in [1.82, 2.24) is 4.57 Å². The Balaban J connectivity index is 2.48. The average Bonchev–Trinajstić information content (AvgIpc) is 2.85. The molecule has 0 saturated heterocycles. The molecule has 0 radical (unpaired) electrons. The van der Waals surface area contributed by atoms with Gasteiger partial charge in [-0.3, -0.25) is 0 Å². The highest BCUT2D eigenvalue weighted by Gasteiger charge is 2.21. The summed E-state index contributed by atoms with van der Waals surface area (Å²) in [5.74, 6) is 0.342. The van der Waals surface area contributed by atoms with E-state index >= 15 is 0 Å². The molecular weight excluding hydrogens is 294 g/mol. The predicted octanol–water partition coefficient (Wildman–Crippen LogP) is 4.26. The quantitative estimate of drug-likeness (QED) is 0.829. The first-order valence-electron chi connectivity index (χ1n) is 7.53. The number of carboxylic acid groups (broad SMARTS) is 1. The molecule has 0 saturated carbocycles. The molecule has 0 aliphatic heterocycles. The standard InChI is InChI=1S/C18H23NO2S/c1-13(2)17-16(18(20)21)11-15(9-10-22-3)19(17)12-14-7-5-4-6-8-14/h4-8,11,13H,9-10,12H2,1-3H3,(H,20,21). The van der Waals surface area contributed by atoms with Gasteiger partial charge in [-0.25, -0.2) is 4.79 Å². The maximum Gasteiger partial charge on any atom is 0.337 e. The maximum absolute atomic E-state index is 11.6. The average molecular weight is 317 g/mol. The number of hydrogen-bond donors (Lipinski definition) is 1. The van der Waals surface area contributed by atoms with Gasteiger partial charge in [-0.05, 0) is 36.0 Å². The first kappa shape index (κ1) is 16.7. The molecule has 2 rings (SSSR count). The van der Waals surface area contributed by atoms with Crippen molar-refractivity contribution in [1.29, 1.82) is 0 Å². The topological polar surface area (TPSA) is 42.2 Å². The number of aromatic nitrogens is 1. The van der Waals surface area contributed by atoms with Gasteiger partial charge >= 0.3 is 5.97 Å². The van der Waals surface area contributed by atoms with E-state index in [-0.39, 0.29) is 5.92 Å². The number of benzene rings is 1. The van der Waals surface area contributed by atoms with Crippen LogP contribution in [0.25, 0.3) is 0 Å². The third kappa shape index (κ3) is 3.74. The van der Waals surface area contributed by atoms with E-state index in [1.165, 1.54) is 5.56 Å². The fraction of sp³-hybridized carbons (Fsp3) is 0.389. The van der Waals surface area contributed by atoms with Gasteiger partial charge in [0, 0.05) is 17.9 Å². The molecule has 0 amide bonds. The molecule has 1 aromatic carbocycles. The first-order valence-corrected chi connectivity index (χ1v) is 8.92. The molecule has 2 aromatic rings.